The second-order valence-electron chi connectivity index (χ2n) is 4.49. The fraction of sp³-hybridized carbons (Fsp3) is 0.769. The Morgan fingerprint density at radius 3 is 2.25 bits per heavy atom. The van der Waals surface area contributed by atoms with Gasteiger partial charge in [0.1, 0.15) is 0 Å². The van der Waals surface area contributed by atoms with Gasteiger partial charge in [-0.05, 0) is 19.8 Å². The van der Waals surface area contributed by atoms with Gasteiger partial charge < -0.3 is 10.3 Å². The summed E-state index contributed by atoms with van der Waals surface area (Å²) in [6, 6.07) is 0. The fourth-order valence-corrected chi connectivity index (χ4v) is 1.87. The number of nitrogen functional groups attached to an aromatic ring is 1. The number of aromatic nitrogens is 1. The Hall–Kier alpha value is -0.990. The highest BCUT2D eigenvalue weighted by atomic mass is 16.5. The minimum absolute atomic E-state index is 0.470. The first-order valence-corrected chi connectivity index (χ1v) is 6.46. The van der Waals surface area contributed by atoms with Crippen LogP contribution in [0.25, 0.3) is 0 Å². The Morgan fingerprint density at radius 1 is 1.06 bits per heavy atom. The van der Waals surface area contributed by atoms with E-state index in [2.05, 4.69) is 12.1 Å². The van der Waals surface area contributed by atoms with Gasteiger partial charge in [-0.2, -0.15) is 0 Å². The maximum absolute atomic E-state index is 5.60. The number of nitrogens with two attached hydrogens (primary N) is 1. The lowest BCUT2D eigenvalue weighted by molar-refractivity contribution is 0.425. The van der Waals surface area contributed by atoms with Crippen LogP contribution in [0.5, 0.6) is 0 Å². The SMILES string of the molecule is CCCCCCCCCc1noc(N)c1C. The smallest absolute Gasteiger partial charge is 0.225 e. The summed E-state index contributed by atoms with van der Waals surface area (Å²) >= 11 is 0. The molecule has 1 heterocycles. The predicted octanol–water partition coefficient (Wildman–Crippen LogP) is 3.86. The highest BCUT2D eigenvalue weighted by Crippen LogP contribution is 2.17. The third kappa shape index (κ3) is 4.25. The Balaban J connectivity index is 2.05. The third-order valence-corrected chi connectivity index (χ3v) is 3.07. The van der Waals surface area contributed by atoms with Crippen LogP contribution in [-0.4, -0.2) is 5.16 Å². The minimum Gasteiger partial charge on any atom is -0.367 e. The summed E-state index contributed by atoms with van der Waals surface area (Å²) < 4.78 is 4.93. The molecule has 0 atom stereocenters. The molecule has 0 amide bonds. The fourth-order valence-electron chi connectivity index (χ4n) is 1.87. The maximum Gasteiger partial charge on any atom is 0.225 e. The van der Waals surface area contributed by atoms with Crippen LogP contribution in [0.15, 0.2) is 4.52 Å². The summed E-state index contributed by atoms with van der Waals surface area (Å²) in [6.45, 7) is 4.22. The van der Waals surface area contributed by atoms with Gasteiger partial charge in [0.05, 0.1) is 5.69 Å². The zero-order chi connectivity index (χ0) is 11.8. The first kappa shape index (κ1) is 13.1. The molecule has 0 saturated carbocycles. The second kappa shape index (κ2) is 7.31. The maximum atomic E-state index is 5.60. The average molecular weight is 224 g/mol. The Labute approximate surface area is 98.4 Å². The van der Waals surface area contributed by atoms with Crippen molar-refractivity contribution in [2.45, 2.75) is 65.2 Å². The van der Waals surface area contributed by atoms with E-state index in [0.29, 0.717) is 5.88 Å². The number of hydrogen-bond acceptors (Lipinski definition) is 3. The van der Waals surface area contributed by atoms with E-state index >= 15 is 0 Å². The monoisotopic (exact) mass is 224 g/mol. The van der Waals surface area contributed by atoms with Crippen molar-refractivity contribution in [2.75, 3.05) is 5.73 Å². The lowest BCUT2D eigenvalue weighted by atomic mass is 10.1. The van der Waals surface area contributed by atoms with Gasteiger partial charge in [0.25, 0.3) is 0 Å². The van der Waals surface area contributed by atoms with Gasteiger partial charge >= 0.3 is 0 Å². The van der Waals surface area contributed by atoms with Crippen LogP contribution in [0.1, 0.15) is 63.1 Å². The molecular formula is C13H24N2O. The van der Waals surface area contributed by atoms with Gasteiger partial charge in [0.2, 0.25) is 5.88 Å². The quantitative estimate of drug-likeness (QED) is 0.682. The molecule has 0 bridgehead atoms. The van der Waals surface area contributed by atoms with E-state index in [-0.39, 0.29) is 0 Å². The molecule has 92 valence electrons. The van der Waals surface area contributed by atoms with Gasteiger partial charge in [0, 0.05) is 5.56 Å². The predicted molar refractivity (Wildman–Crippen MR) is 67.3 cm³/mol. The Bertz CT molecular complexity index is 294. The van der Waals surface area contributed by atoms with E-state index in [1.165, 1.54) is 44.9 Å². The zero-order valence-electron chi connectivity index (χ0n) is 10.6. The van der Waals surface area contributed by atoms with Gasteiger partial charge in [-0.25, -0.2) is 0 Å². The van der Waals surface area contributed by atoms with E-state index in [0.717, 1.165) is 17.7 Å². The molecular weight excluding hydrogens is 200 g/mol. The van der Waals surface area contributed by atoms with Crippen LogP contribution >= 0.6 is 0 Å². The standard InChI is InChI=1S/C13H24N2O/c1-3-4-5-6-7-8-9-10-12-11(2)13(14)16-15-12/h3-10,14H2,1-2H3. The van der Waals surface area contributed by atoms with E-state index in [9.17, 15) is 0 Å². The average Bonchev–Trinajstić information content (AvgIpc) is 2.59. The second-order valence-corrected chi connectivity index (χ2v) is 4.49. The molecule has 0 aromatic carbocycles. The Kier molecular flexibility index (Phi) is 5.98. The summed E-state index contributed by atoms with van der Waals surface area (Å²) in [5, 5.41) is 3.96. The molecule has 0 aliphatic heterocycles. The van der Waals surface area contributed by atoms with Crippen LogP contribution in [0, 0.1) is 6.92 Å². The number of hydrogen-bond donors (Lipinski definition) is 1. The topological polar surface area (TPSA) is 52.0 Å². The van der Waals surface area contributed by atoms with Gasteiger partial charge in [-0.15, -0.1) is 0 Å². The number of aryl methyl sites for hydroxylation is 1. The molecule has 0 fully saturated rings. The van der Waals surface area contributed by atoms with E-state index in [1.807, 2.05) is 6.92 Å². The highest BCUT2D eigenvalue weighted by Gasteiger charge is 2.07. The number of unbranched alkanes of at least 4 members (excludes halogenated alkanes) is 6. The lowest BCUT2D eigenvalue weighted by Gasteiger charge is -2.00. The first-order valence-electron chi connectivity index (χ1n) is 6.46. The highest BCUT2D eigenvalue weighted by molar-refractivity contribution is 5.37. The summed E-state index contributed by atoms with van der Waals surface area (Å²) in [4.78, 5) is 0. The normalized spacial score (nSPS) is 10.9. The van der Waals surface area contributed by atoms with Crippen LogP contribution in [0.3, 0.4) is 0 Å². The summed E-state index contributed by atoms with van der Waals surface area (Å²) in [5.41, 5.74) is 7.65. The molecule has 2 N–H and O–H groups in total. The van der Waals surface area contributed by atoms with Gasteiger partial charge in [-0.1, -0.05) is 50.6 Å². The molecule has 0 spiro atoms. The van der Waals surface area contributed by atoms with Crippen LogP contribution in [0.4, 0.5) is 5.88 Å². The first-order chi connectivity index (χ1) is 7.75. The van der Waals surface area contributed by atoms with Crippen molar-refractivity contribution >= 4 is 5.88 Å². The van der Waals surface area contributed by atoms with Crippen molar-refractivity contribution in [3.63, 3.8) is 0 Å². The molecule has 0 aliphatic carbocycles. The minimum atomic E-state index is 0.470. The Morgan fingerprint density at radius 2 is 1.69 bits per heavy atom. The molecule has 1 aromatic rings. The molecule has 1 aromatic heterocycles. The third-order valence-electron chi connectivity index (χ3n) is 3.07. The van der Waals surface area contributed by atoms with Crippen LogP contribution < -0.4 is 5.73 Å². The molecule has 0 unspecified atom stereocenters. The lowest BCUT2D eigenvalue weighted by Crippen LogP contribution is -1.90. The summed E-state index contributed by atoms with van der Waals surface area (Å²) in [6.07, 6.45) is 10.3. The summed E-state index contributed by atoms with van der Waals surface area (Å²) in [7, 11) is 0. The molecule has 0 radical (unpaired) electrons. The number of rotatable bonds is 8. The number of anilines is 1. The van der Waals surface area contributed by atoms with Crippen molar-refractivity contribution < 1.29 is 4.52 Å². The van der Waals surface area contributed by atoms with Gasteiger partial charge in [0.15, 0.2) is 0 Å². The van der Waals surface area contributed by atoms with Crippen molar-refractivity contribution in [1.29, 1.82) is 0 Å². The van der Waals surface area contributed by atoms with Crippen molar-refractivity contribution in [3.05, 3.63) is 11.3 Å². The summed E-state index contributed by atoms with van der Waals surface area (Å²) in [5.74, 6) is 0.470. The van der Waals surface area contributed by atoms with Crippen molar-refractivity contribution in [3.8, 4) is 0 Å². The van der Waals surface area contributed by atoms with Crippen molar-refractivity contribution in [1.82, 2.24) is 5.16 Å². The molecule has 1 rings (SSSR count). The van der Waals surface area contributed by atoms with E-state index in [1.54, 1.807) is 0 Å². The van der Waals surface area contributed by atoms with Gasteiger partial charge in [-0.3, -0.25) is 0 Å². The van der Waals surface area contributed by atoms with E-state index in [4.69, 9.17) is 10.3 Å². The number of nitrogens with zero attached hydrogens (tertiary/aromatic N) is 1. The molecule has 16 heavy (non-hydrogen) atoms. The largest absolute Gasteiger partial charge is 0.367 e. The van der Waals surface area contributed by atoms with Crippen LogP contribution in [-0.2, 0) is 6.42 Å². The molecule has 3 nitrogen and oxygen atoms in total. The van der Waals surface area contributed by atoms with Crippen molar-refractivity contribution in [2.24, 2.45) is 0 Å². The van der Waals surface area contributed by atoms with Crippen LogP contribution in [0.2, 0.25) is 0 Å². The molecule has 3 heteroatoms. The molecule has 0 aliphatic rings. The van der Waals surface area contributed by atoms with E-state index < -0.39 is 0 Å². The zero-order valence-corrected chi connectivity index (χ0v) is 10.6. The molecule has 0 saturated heterocycles.